The van der Waals surface area contributed by atoms with E-state index in [0.29, 0.717) is 17.9 Å². The fourth-order valence-corrected chi connectivity index (χ4v) is 3.14. The van der Waals surface area contributed by atoms with E-state index in [2.05, 4.69) is 19.2 Å². The molecule has 1 aromatic heterocycles. The molecule has 0 aliphatic rings. The van der Waals surface area contributed by atoms with Crippen molar-refractivity contribution in [1.29, 1.82) is 0 Å². The van der Waals surface area contributed by atoms with Gasteiger partial charge in [-0.3, -0.25) is 4.79 Å². The van der Waals surface area contributed by atoms with Crippen LogP contribution in [0.5, 0.6) is 5.75 Å². The van der Waals surface area contributed by atoms with Crippen molar-refractivity contribution >= 4 is 16.9 Å². The van der Waals surface area contributed by atoms with Crippen LogP contribution < -0.4 is 15.7 Å². The summed E-state index contributed by atoms with van der Waals surface area (Å²) in [5.41, 5.74) is 2.25. The molecule has 146 valence electrons. The third-order valence-electron chi connectivity index (χ3n) is 4.66. The molecule has 2 aromatic carbocycles. The van der Waals surface area contributed by atoms with Crippen molar-refractivity contribution in [3.63, 3.8) is 0 Å². The average molecular weight is 379 g/mol. The molecule has 0 saturated carbocycles. The smallest absolute Gasteiger partial charge is 0.336 e. The van der Waals surface area contributed by atoms with Crippen LogP contribution in [0.2, 0.25) is 0 Å². The Bertz CT molecular complexity index is 994. The number of hydrogen-bond acceptors (Lipinski definition) is 4. The second-order valence-corrected chi connectivity index (χ2v) is 6.90. The van der Waals surface area contributed by atoms with Gasteiger partial charge >= 0.3 is 5.63 Å². The Morgan fingerprint density at radius 1 is 1.14 bits per heavy atom. The first kappa shape index (κ1) is 19.7. The fraction of sp³-hybridized carbons (Fsp3) is 0.304. The van der Waals surface area contributed by atoms with E-state index in [4.69, 9.17) is 9.15 Å². The molecule has 1 heterocycles. The van der Waals surface area contributed by atoms with Gasteiger partial charge < -0.3 is 14.5 Å². The van der Waals surface area contributed by atoms with Crippen LogP contribution in [0.25, 0.3) is 11.0 Å². The van der Waals surface area contributed by atoms with E-state index in [1.54, 1.807) is 12.1 Å². The molecule has 3 aromatic rings. The first-order chi connectivity index (χ1) is 13.6. The molecule has 0 aliphatic carbocycles. The first-order valence-corrected chi connectivity index (χ1v) is 9.58. The molecule has 5 heteroatoms. The van der Waals surface area contributed by atoms with Crippen molar-refractivity contribution in [2.75, 3.05) is 13.2 Å². The van der Waals surface area contributed by atoms with E-state index in [1.165, 1.54) is 11.6 Å². The molecule has 1 N–H and O–H groups in total. The number of amides is 1. The molecule has 0 bridgehead atoms. The topological polar surface area (TPSA) is 68.5 Å². The molecule has 5 nitrogen and oxygen atoms in total. The zero-order valence-corrected chi connectivity index (χ0v) is 16.2. The number of aryl methyl sites for hydroxylation is 1. The molecule has 28 heavy (non-hydrogen) atoms. The second kappa shape index (κ2) is 9.22. The number of hydrogen-bond donors (Lipinski definition) is 1. The van der Waals surface area contributed by atoms with Crippen molar-refractivity contribution in [2.45, 2.75) is 32.6 Å². The molecule has 1 atom stereocenters. The summed E-state index contributed by atoms with van der Waals surface area (Å²) in [5.74, 6) is 0.525. The molecular formula is C23H25NO4. The zero-order valence-electron chi connectivity index (χ0n) is 16.2. The SMILES string of the molecule is CCCc1cc(=O)oc2cc(OCC(=O)NCC(C)c3ccccc3)ccc12. The van der Waals surface area contributed by atoms with Gasteiger partial charge in [0.1, 0.15) is 11.3 Å². The molecule has 3 rings (SSSR count). The molecular weight excluding hydrogens is 354 g/mol. The second-order valence-electron chi connectivity index (χ2n) is 6.90. The Labute approximate surface area is 164 Å². The van der Waals surface area contributed by atoms with Crippen LogP contribution >= 0.6 is 0 Å². The highest BCUT2D eigenvalue weighted by atomic mass is 16.5. The Kier molecular flexibility index (Phi) is 6.48. The summed E-state index contributed by atoms with van der Waals surface area (Å²) >= 11 is 0. The standard InChI is InChI=1S/C23H25NO4/c1-3-7-18-12-23(26)28-21-13-19(10-11-20(18)21)27-15-22(25)24-14-16(2)17-8-5-4-6-9-17/h4-6,8-13,16H,3,7,14-15H2,1-2H3,(H,24,25). The van der Waals surface area contributed by atoms with Crippen LogP contribution in [0.1, 0.15) is 37.3 Å². The first-order valence-electron chi connectivity index (χ1n) is 9.58. The lowest BCUT2D eigenvalue weighted by Gasteiger charge is -2.13. The van der Waals surface area contributed by atoms with Crippen LogP contribution in [-0.4, -0.2) is 19.1 Å². The molecule has 1 unspecified atom stereocenters. The summed E-state index contributed by atoms with van der Waals surface area (Å²) in [4.78, 5) is 23.9. The lowest BCUT2D eigenvalue weighted by molar-refractivity contribution is -0.123. The number of carbonyl (C=O) groups is 1. The quantitative estimate of drug-likeness (QED) is 0.600. The maximum Gasteiger partial charge on any atom is 0.336 e. The van der Waals surface area contributed by atoms with Crippen molar-refractivity contribution in [1.82, 2.24) is 5.32 Å². The maximum absolute atomic E-state index is 12.1. The average Bonchev–Trinajstić information content (AvgIpc) is 2.71. The van der Waals surface area contributed by atoms with Crippen molar-refractivity contribution in [3.05, 3.63) is 76.1 Å². The molecule has 0 saturated heterocycles. The van der Waals surface area contributed by atoms with E-state index >= 15 is 0 Å². The van der Waals surface area contributed by atoms with E-state index in [1.807, 2.05) is 36.4 Å². The zero-order chi connectivity index (χ0) is 19.9. The minimum atomic E-state index is -0.374. The number of rotatable bonds is 8. The Hall–Kier alpha value is -3.08. The predicted molar refractivity (Wildman–Crippen MR) is 110 cm³/mol. The van der Waals surface area contributed by atoms with E-state index in [-0.39, 0.29) is 24.1 Å². The van der Waals surface area contributed by atoms with Crippen LogP contribution in [0.3, 0.4) is 0 Å². The summed E-state index contributed by atoms with van der Waals surface area (Å²) in [6.07, 6.45) is 1.75. The highest BCUT2D eigenvalue weighted by molar-refractivity contribution is 5.82. The van der Waals surface area contributed by atoms with E-state index < -0.39 is 0 Å². The Morgan fingerprint density at radius 2 is 1.93 bits per heavy atom. The van der Waals surface area contributed by atoms with Crippen LogP contribution in [0.4, 0.5) is 0 Å². The Balaban J connectivity index is 1.58. The van der Waals surface area contributed by atoms with Crippen molar-refractivity contribution in [3.8, 4) is 5.75 Å². The lowest BCUT2D eigenvalue weighted by atomic mass is 10.0. The van der Waals surface area contributed by atoms with Gasteiger partial charge in [0.2, 0.25) is 0 Å². The fourth-order valence-electron chi connectivity index (χ4n) is 3.14. The van der Waals surface area contributed by atoms with Gasteiger partial charge in [-0.2, -0.15) is 0 Å². The summed E-state index contributed by atoms with van der Waals surface area (Å²) < 4.78 is 10.9. The predicted octanol–water partition coefficient (Wildman–Crippen LogP) is 4.04. The molecule has 0 fully saturated rings. The number of ether oxygens (including phenoxy) is 1. The van der Waals surface area contributed by atoms with Crippen LogP contribution in [0, 0.1) is 0 Å². The van der Waals surface area contributed by atoms with Gasteiger partial charge in [-0.05, 0) is 35.6 Å². The third kappa shape index (κ3) is 5.00. The van der Waals surface area contributed by atoms with Gasteiger partial charge in [0.15, 0.2) is 6.61 Å². The molecule has 0 spiro atoms. The third-order valence-corrected chi connectivity index (χ3v) is 4.66. The highest BCUT2D eigenvalue weighted by Crippen LogP contribution is 2.23. The summed E-state index contributed by atoms with van der Waals surface area (Å²) in [5, 5.41) is 3.78. The van der Waals surface area contributed by atoms with E-state index in [9.17, 15) is 9.59 Å². The summed E-state index contributed by atoms with van der Waals surface area (Å²) in [6.45, 7) is 4.58. The molecule has 0 radical (unpaired) electrons. The summed E-state index contributed by atoms with van der Waals surface area (Å²) in [7, 11) is 0. The normalized spacial score (nSPS) is 11.9. The Morgan fingerprint density at radius 3 is 2.68 bits per heavy atom. The van der Waals surface area contributed by atoms with Crippen molar-refractivity contribution < 1.29 is 13.9 Å². The summed E-state index contributed by atoms with van der Waals surface area (Å²) in [6, 6.07) is 16.9. The maximum atomic E-state index is 12.1. The van der Waals surface area contributed by atoms with Crippen molar-refractivity contribution in [2.24, 2.45) is 0 Å². The number of benzene rings is 2. The molecule has 1 amide bonds. The minimum absolute atomic E-state index is 0.0914. The van der Waals surface area contributed by atoms with Gasteiger partial charge in [-0.1, -0.05) is 50.6 Å². The van der Waals surface area contributed by atoms with Gasteiger partial charge in [-0.25, -0.2) is 4.79 Å². The van der Waals surface area contributed by atoms with Gasteiger partial charge in [0, 0.05) is 24.1 Å². The molecule has 0 aliphatic heterocycles. The monoisotopic (exact) mass is 379 g/mol. The van der Waals surface area contributed by atoms with Gasteiger partial charge in [0.25, 0.3) is 5.91 Å². The number of nitrogens with one attached hydrogen (secondary N) is 1. The van der Waals surface area contributed by atoms with Crippen LogP contribution in [0.15, 0.2) is 63.8 Å². The lowest BCUT2D eigenvalue weighted by Crippen LogP contribution is -2.31. The minimum Gasteiger partial charge on any atom is -0.484 e. The number of carbonyl (C=O) groups excluding carboxylic acids is 1. The van der Waals surface area contributed by atoms with Gasteiger partial charge in [-0.15, -0.1) is 0 Å². The van der Waals surface area contributed by atoms with E-state index in [0.717, 1.165) is 23.8 Å². The van der Waals surface area contributed by atoms with Gasteiger partial charge in [0.05, 0.1) is 0 Å². The van der Waals surface area contributed by atoms with Crippen LogP contribution in [-0.2, 0) is 11.2 Å². The highest BCUT2D eigenvalue weighted by Gasteiger charge is 2.10. The largest absolute Gasteiger partial charge is 0.484 e. The number of fused-ring (bicyclic) bond motifs is 1.